The quantitative estimate of drug-likeness (QED) is 0.578. The van der Waals surface area contributed by atoms with E-state index in [1.165, 1.54) is 12.1 Å². The number of alkyl halides is 3. The van der Waals surface area contributed by atoms with Crippen LogP contribution in [0.4, 0.5) is 18.9 Å². The number of epoxide rings is 1. The summed E-state index contributed by atoms with van der Waals surface area (Å²) in [6, 6.07) is 4.27. The number of carbonyl (C=O) groups excluding carboxylic acids is 2. The first-order valence-electron chi connectivity index (χ1n) is 7.24. The van der Waals surface area contributed by atoms with Gasteiger partial charge in [-0.2, -0.15) is 13.2 Å². The van der Waals surface area contributed by atoms with E-state index in [0.717, 1.165) is 17.0 Å². The van der Waals surface area contributed by atoms with Gasteiger partial charge in [0.15, 0.2) is 0 Å². The third-order valence-corrected chi connectivity index (χ3v) is 5.06. The highest BCUT2D eigenvalue weighted by Gasteiger charge is 2.75. The molecule has 3 unspecified atom stereocenters. The molecule has 4 fully saturated rings. The van der Waals surface area contributed by atoms with Crippen molar-refractivity contribution >= 4 is 17.5 Å². The topological polar surface area (TPSA) is 59.1 Å². The van der Waals surface area contributed by atoms with Crippen LogP contribution in [0.2, 0.25) is 0 Å². The maximum atomic E-state index is 12.8. The molecule has 120 valence electrons. The Kier molecular flexibility index (Phi) is 2.31. The molecule has 5 rings (SSSR count). The van der Waals surface area contributed by atoms with Gasteiger partial charge in [0.2, 0.25) is 11.8 Å². The summed E-state index contributed by atoms with van der Waals surface area (Å²) in [6.07, 6.45) is -5.75. The highest BCUT2D eigenvalue weighted by atomic mass is 19.4. The lowest BCUT2D eigenvalue weighted by Gasteiger charge is -2.19. The van der Waals surface area contributed by atoms with Crippen LogP contribution >= 0.6 is 0 Å². The van der Waals surface area contributed by atoms with Gasteiger partial charge in [-0.25, -0.2) is 4.90 Å². The molecule has 23 heavy (non-hydrogen) atoms. The minimum absolute atomic E-state index is 0.0433. The van der Waals surface area contributed by atoms with Gasteiger partial charge in [0, 0.05) is 0 Å². The van der Waals surface area contributed by atoms with Crippen molar-refractivity contribution in [2.75, 3.05) is 4.90 Å². The molecule has 0 radical (unpaired) electrons. The molecular formula is C15H10F3NO4. The lowest BCUT2D eigenvalue weighted by atomic mass is 9.81. The van der Waals surface area contributed by atoms with E-state index in [2.05, 4.69) is 0 Å². The normalized spacial score (nSPS) is 40.6. The molecule has 4 saturated heterocycles. The molecule has 0 N–H and O–H groups in total. The van der Waals surface area contributed by atoms with Gasteiger partial charge in [-0.15, -0.1) is 0 Å². The molecule has 4 heterocycles. The highest BCUT2D eigenvalue weighted by molar-refractivity contribution is 6.23. The Morgan fingerprint density at radius 2 is 1.48 bits per heavy atom. The van der Waals surface area contributed by atoms with Gasteiger partial charge in [0.05, 0.1) is 35.3 Å². The largest absolute Gasteiger partial charge is 0.416 e. The number of amides is 2. The Morgan fingerprint density at radius 3 is 2.04 bits per heavy atom. The second-order valence-corrected chi connectivity index (χ2v) is 6.24. The molecule has 2 amide bonds. The summed E-state index contributed by atoms with van der Waals surface area (Å²) in [5, 5.41) is 0. The van der Waals surface area contributed by atoms with Gasteiger partial charge in [-0.05, 0) is 18.2 Å². The summed E-state index contributed by atoms with van der Waals surface area (Å²) < 4.78 is 49.6. The van der Waals surface area contributed by atoms with Crippen LogP contribution in [-0.4, -0.2) is 36.2 Å². The van der Waals surface area contributed by atoms with Crippen LogP contribution in [0.5, 0.6) is 0 Å². The number of anilines is 1. The molecule has 0 spiro atoms. The van der Waals surface area contributed by atoms with Crippen molar-refractivity contribution in [1.82, 2.24) is 0 Å². The smallest absolute Gasteiger partial charge is 0.368 e. The van der Waals surface area contributed by atoms with Crippen molar-refractivity contribution in [2.24, 2.45) is 11.8 Å². The fourth-order valence-corrected chi connectivity index (χ4v) is 4.06. The van der Waals surface area contributed by atoms with E-state index in [-0.39, 0.29) is 17.9 Å². The summed E-state index contributed by atoms with van der Waals surface area (Å²) in [7, 11) is 0. The minimum Gasteiger partial charge on any atom is -0.368 e. The van der Waals surface area contributed by atoms with Crippen molar-refractivity contribution in [3.05, 3.63) is 29.8 Å². The minimum atomic E-state index is -4.53. The number of ether oxygens (including phenoxy) is 2. The summed E-state index contributed by atoms with van der Waals surface area (Å²) >= 11 is 0. The standard InChI is InChI=1S/C15H10F3NO4/c16-15(17,18)5-2-1-3-6(4-5)19-13(20)7-8(14(19)21)10-12-11(23-12)9(7)22-10/h1-4,7-12H/t7-,8?,9?,10?,11-,12+/m0/s1. The van der Waals surface area contributed by atoms with Crippen molar-refractivity contribution in [3.63, 3.8) is 0 Å². The van der Waals surface area contributed by atoms with E-state index in [9.17, 15) is 22.8 Å². The number of fused-ring (bicyclic) bond motifs is 8. The Morgan fingerprint density at radius 1 is 0.913 bits per heavy atom. The van der Waals surface area contributed by atoms with Crippen molar-refractivity contribution < 1.29 is 32.2 Å². The van der Waals surface area contributed by atoms with Gasteiger partial charge in [-0.1, -0.05) is 6.07 Å². The third-order valence-electron chi connectivity index (χ3n) is 5.06. The van der Waals surface area contributed by atoms with Crippen LogP contribution in [0.25, 0.3) is 0 Å². The van der Waals surface area contributed by atoms with Gasteiger partial charge in [0.25, 0.3) is 0 Å². The fourth-order valence-electron chi connectivity index (χ4n) is 4.06. The third kappa shape index (κ3) is 1.60. The van der Waals surface area contributed by atoms with E-state index in [1.54, 1.807) is 0 Å². The van der Waals surface area contributed by atoms with E-state index >= 15 is 0 Å². The van der Waals surface area contributed by atoms with Crippen molar-refractivity contribution in [1.29, 1.82) is 0 Å². The number of halogens is 3. The van der Waals surface area contributed by atoms with Crippen LogP contribution < -0.4 is 4.90 Å². The first-order valence-corrected chi connectivity index (χ1v) is 7.24. The highest BCUT2D eigenvalue weighted by Crippen LogP contribution is 2.57. The van der Waals surface area contributed by atoms with E-state index in [1.807, 2.05) is 0 Å². The first kappa shape index (κ1) is 13.5. The monoisotopic (exact) mass is 325 g/mol. The Hall–Kier alpha value is -1.93. The van der Waals surface area contributed by atoms with Crippen LogP contribution in [0.15, 0.2) is 24.3 Å². The number of hydrogen-bond donors (Lipinski definition) is 0. The summed E-state index contributed by atoms with van der Waals surface area (Å²) in [5.74, 6) is -2.29. The zero-order chi connectivity index (χ0) is 16.1. The molecule has 0 aromatic heterocycles. The van der Waals surface area contributed by atoms with Crippen molar-refractivity contribution in [2.45, 2.75) is 30.6 Å². The first-order chi connectivity index (χ1) is 10.9. The average molecular weight is 325 g/mol. The molecule has 8 heteroatoms. The second kappa shape index (κ2) is 3.93. The number of carbonyl (C=O) groups is 2. The average Bonchev–Trinajstić information content (AvgIpc) is 3.01. The molecule has 0 aliphatic carbocycles. The maximum Gasteiger partial charge on any atom is 0.416 e. The Balaban J connectivity index is 1.53. The molecule has 1 aromatic carbocycles. The van der Waals surface area contributed by atoms with Gasteiger partial charge < -0.3 is 9.47 Å². The van der Waals surface area contributed by atoms with Crippen molar-refractivity contribution in [3.8, 4) is 0 Å². The molecule has 2 bridgehead atoms. The SMILES string of the molecule is O=C1C2C3OC([C@H]2C(=O)N1c1cccc(C(F)(F)F)c1)[C@@H]1O[C@H]31. The van der Waals surface area contributed by atoms with Crippen LogP contribution in [0.3, 0.4) is 0 Å². The van der Waals surface area contributed by atoms with Gasteiger partial charge >= 0.3 is 6.18 Å². The molecule has 0 saturated carbocycles. The Labute approximate surface area is 127 Å². The zero-order valence-electron chi connectivity index (χ0n) is 11.5. The Bertz CT molecular complexity index is 716. The lowest BCUT2D eigenvalue weighted by molar-refractivity contribution is -0.137. The summed E-state index contributed by atoms with van der Waals surface area (Å²) in [6.45, 7) is 0. The molecule has 5 nitrogen and oxygen atoms in total. The number of imide groups is 1. The zero-order valence-corrected chi connectivity index (χ0v) is 11.5. The lowest BCUT2D eigenvalue weighted by Crippen LogP contribution is -2.35. The number of nitrogens with zero attached hydrogens (tertiary/aromatic N) is 1. The molecule has 1 aromatic rings. The molecule has 6 atom stereocenters. The summed E-state index contributed by atoms with van der Waals surface area (Å²) in [5.41, 5.74) is -0.934. The maximum absolute atomic E-state index is 12.8. The van der Waals surface area contributed by atoms with Crippen LogP contribution in [0, 0.1) is 11.8 Å². The molecule has 4 aliphatic heterocycles. The van der Waals surface area contributed by atoms with Crippen LogP contribution in [0.1, 0.15) is 5.56 Å². The molecular weight excluding hydrogens is 315 g/mol. The van der Waals surface area contributed by atoms with E-state index in [0.29, 0.717) is 0 Å². The predicted octanol–water partition coefficient (Wildman–Crippen LogP) is 1.36. The van der Waals surface area contributed by atoms with E-state index in [4.69, 9.17) is 9.47 Å². The number of hydrogen-bond acceptors (Lipinski definition) is 4. The number of benzene rings is 1. The van der Waals surface area contributed by atoms with Gasteiger partial charge in [-0.3, -0.25) is 9.59 Å². The second-order valence-electron chi connectivity index (χ2n) is 6.24. The fraction of sp³-hybridized carbons (Fsp3) is 0.467. The number of rotatable bonds is 1. The van der Waals surface area contributed by atoms with Gasteiger partial charge in [0.1, 0.15) is 12.2 Å². The molecule has 4 aliphatic rings. The van der Waals surface area contributed by atoms with Crippen LogP contribution in [-0.2, 0) is 25.2 Å². The predicted molar refractivity (Wildman–Crippen MR) is 68.2 cm³/mol. The summed E-state index contributed by atoms with van der Waals surface area (Å²) in [4.78, 5) is 26.1. The van der Waals surface area contributed by atoms with E-state index < -0.39 is 47.6 Å².